The van der Waals surface area contributed by atoms with Crippen LogP contribution in [0.25, 0.3) is 0 Å². The molecule has 0 atom stereocenters. The summed E-state index contributed by atoms with van der Waals surface area (Å²) < 4.78 is 61.8. The van der Waals surface area contributed by atoms with Gasteiger partial charge in [-0.1, -0.05) is 0 Å². The second-order valence-corrected chi connectivity index (χ2v) is 10.3. The van der Waals surface area contributed by atoms with Crippen molar-refractivity contribution < 1.29 is 31.1 Å². The Morgan fingerprint density at radius 1 is 1.11 bits per heavy atom. The van der Waals surface area contributed by atoms with Gasteiger partial charge in [-0.3, -0.25) is 4.79 Å². The zero-order chi connectivity index (χ0) is 20.2. The van der Waals surface area contributed by atoms with Gasteiger partial charge in [-0.25, -0.2) is 16.8 Å². The van der Waals surface area contributed by atoms with Gasteiger partial charge in [-0.05, 0) is 25.0 Å². The number of rotatable bonds is 7. The molecule has 0 spiro atoms. The number of piperidine rings is 1. The zero-order valence-electron chi connectivity index (χ0n) is 15.5. The quantitative estimate of drug-likeness (QED) is 0.660. The fraction of sp³-hybridized carbons (Fsp3) is 0.562. The maximum Gasteiger partial charge on any atom is 0.243 e. The molecular formula is C16H24N2O7S2. The van der Waals surface area contributed by atoms with Crippen LogP contribution in [0.3, 0.4) is 0 Å². The molecule has 1 fully saturated rings. The highest BCUT2D eigenvalue weighted by Crippen LogP contribution is 2.32. The molecule has 9 nitrogen and oxygen atoms in total. The van der Waals surface area contributed by atoms with E-state index in [1.165, 1.54) is 43.8 Å². The average Bonchev–Trinajstić information content (AvgIpc) is 2.66. The molecule has 1 aliphatic heterocycles. The minimum Gasteiger partial charge on any atom is -0.493 e. The molecule has 2 rings (SSSR count). The van der Waals surface area contributed by atoms with E-state index in [4.69, 9.17) is 9.47 Å². The summed E-state index contributed by atoms with van der Waals surface area (Å²) in [5.74, 6) is -0.455. The lowest BCUT2D eigenvalue weighted by Gasteiger charge is -2.31. The van der Waals surface area contributed by atoms with Gasteiger partial charge in [0.25, 0.3) is 0 Å². The third kappa shape index (κ3) is 4.71. The number of carbonyl (C=O) groups excluding carboxylic acids is 1. The van der Waals surface area contributed by atoms with Gasteiger partial charge in [0.2, 0.25) is 15.9 Å². The van der Waals surface area contributed by atoms with Gasteiger partial charge < -0.3 is 14.8 Å². The van der Waals surface area contributed by atoms with E-state index in [1.807, 2.05) is 0 Å². The number of sulfone groups is 1. The van der Waals surface area contributed by atoms with Crippen molar-refractivity contribution in [1.29, 1.82) is 0 Å². The SMILES string of the molecule is CNC(=O)CS(=O)(=O)C1CCN(S(=O)(=O)c2ccc(OC)c(OC)c2)CC1. The summed E-state index contributed by atoms with van der Waals surface area (Å²) in [6, 6.07) is 4.31. The minimum atomic E-state index is -3.79. The molecule has 0 bridgehead atoms. The number of hydrogen-bond donors (Lipinski definition) is 1. The molecule has 11 heteroatoms. The summed E-state index contributed by atoms with van der Waals surface area (Å²) in [6.07, 6.45) is 0.289. The van der Waals surface area contributed by atoms with Crippen LogP contribution in [0, 0.1) is 0 Å². The molecule has 0 saturated carbocycles. The Hall–Kier alpha value is -1.85. The average molecular weight is 421 g/mol. The van der Waals surface area contributed by atoms with Crippen molar-refractivity contribution in [2.24, 2.45) is 0 Å². The highest BCUT2D eigenvalue weighted by molar-refractivity contribution is 7.92. The Morgan fingerprint density at radius 3 is 2.22 bits per heavy atom. The van der Waals surface area contributed by atoms with Crippen LogP contribution >= 0.6 is 0 Å². The number of amides is 1. The molecule has 1 N–H and O–H groups in total. The summed E-state index contributed by atoms with van der Waals surface area (Å²) in [5, 5.41) is 1.56. The van der Waals surface area contributed by atoms with Crippen molar-refractivity contribution in [3.63, 3.8) is 0 Å². The van der Waals surface area contributed by atoms with E-state index in [9.17, 15) is 21.6 Å². The van der Waals surface area contributed by atoms with Crippen molar-refractivity contribution in [3.05, 3.63) is 18.2 Å². The maximum atomic E-state index is 12.9. The van der Waals surface area contributed by atoms with Gasteiger partial charge in [0.15, 0.2) is 21.3 Å². The first-order valence-corrected chi connectivity index (χ1v) is 11.5. The van der Waals surface area contributed by atoms with Gasteiger partial charge in [-0.2, -0.15) is 4.31 Å². The predicted molar refractivity (Wildman–Crippen MR) is 99.2 cm³/mol. The third-order valence-corrected chi connectivity index (χ3v) is 8.56. The van der Waals surface area contributed by atoms with E-state index in [1.54, 1.807) is 0 Å². The highest BCUT2D eigenvalue weighted by atomic mass is 32.2. The molecule has 0 aromatic heterocycles. The van der Waals surface area contributed by atoms with Crippen LogP contribution in [0.15, 0.2) is 23.1 Å². The predicted octanol–water partition coefficient (Wildman–Crippen LogP) is 0.0177. The lowest BCUT2D eigenvalue weighted by atomic mass is 10.2. The molecule has 1 aromatic carbocycles. The third-order valence-electron chi connectivity index (χ3n) is 4.51. The number of hydrogen-bond acceptors (Lipinski definition) is 7. The number of benzene rings is 1. The Kier molecular flexibility index (Phi) is 6.71. The van der Waals surface area contributed by atoms with Crippen LogP contribution in [0.1, 0.15) is 12.8 Å². The number of sulfonamides is 1. The van der Waals surface area contributed by atoms with Gasteiger partial charge in [-0.15, -0.1) is 0 Å². The van der Waals surface area contributed by atoms with Crippen LogP contribution in [-0.4, -0.2) is 72.4 Å². The van der Waals surface area contributed by atoms with Gasteiger partial charge in [0.05, 0.1) is 24.4 Å². The molecule has 1 aromatic rings. The molecule has 1 heterocycles. The van der Waals surface area contributed by atoms with Crippen LogP contribution in [0.5, 0.6) is 11.5 Å². The van der Waals surface area contributed by atoms with Crippen LogP contribution < -0.4 is 14.8 Å². The van der Waals surface area contributed by atoms with Crippen LogP contribution in [0.4, 0.5) is 0 Å². The Bertz CT molecular complexity index is 889. The van der Waals surface area contributed by atoms with E-state index in [-0.39, 0.29) is 30.8 Å². The van der Waals surface area contributed by atoms with Gasteiger partial charge in [0, 0.05) is 26.2 Å². The Balaban J connectivity index is 2.14. The fourth-order valence-corrected chi connectivity index (χ4v) is 6.09. The number of methoxy groups -OCH3 is 2. The van der Waals surface area contributed by atoms with E-state index >= 15 is 0 Å². The molecule has 0 unspecified atom stereocenters. The molecule has 1 amide bonds. The van der Waals surface area contributed by atoms with Crippen molar-refractivity contribution in [2.45, 2.75) is 23.0 Å². The smallest absolute Gasteiger partial charge is 0.243 e. The Labute approximate surface area is 159 Å². The fourth-order valence-electron chi connectivity index (χ4n) is 2.93. The lowest BCUT2D eigenvalue weighted by Crippen LogP contribution is -2.44. The Morgan fingerprint density at radius 2 is 1.70 bits per heavy atom. The second-order valence-electron chi connectivity index (χ2n) is 6.10. The van der Waals surface area contributed by atoms with E-state index in [0.717, 1.165) is 0 Å². The first-order chi connectivity index (χ1) is 12.7. The summed E-state index contributed by atoms with van der Waals surface area (Å²) in [5.41, 5.74) is 0. The lowest BCUT2D eigenvalue weighted by molar-refractivity contribution is -0.118. The summed E-state index contributed by atoms with van der Waals surface area (Å²) in [7, 11) is -3.17. The zero-order valence-corrected chi connectivity index (χ0v) is 17.1. The van der Waals surface area contributed by atoms with Crippen molar-refractivity contribution >= 4 is 25.8 Å². The van der Waals surface area contributed by atoms with Gasteiger partial charge in [0.1, 0.15) is 5.75 Å². The van der Waals surface area contributed by atoms with Crippen LogP contribution in [0.2, 0.25) is 0 Å². The normalized spacial score (nSPS) is 16.7. The first-order valence-electron chi connectivity index (χ1n) is 8.30. The van der Waals surface area contributed by atoms with E-state index < -0.39 is 36.8 Å². The molecule has 0 aliphatic carbocycles. The number of nitrogens with one attached hydrogen (secondary N) is 1. The van der Waals surface area contributed by atoms with E-state index in [2.05, 4.69) is 5.32 Å². The minimum absolute atomic E-state index is 0.0480. The first kappa shape index (κ1) is 21.5. The largest absolute Gasteiger partial charge is 0.493 e. The monoisotopic (exact) mass is 420 g/mol. The molecule has 152 valence electrons. The summed E-state index contributed by atoms with van der Waals surface area (Å²) in [4.78, 5) is 11.4. The van der Waals surface area contributed by atoms with Crippen molar-refractivity contribution in [1.82, 2.24) is 9.62 Å². The highest BCUT2D eigenvalue weighted by Gasteiger charge is 2.36. The molecule has 0 radical (unpaired) electrons. The van der Waals surface area contributed by atoms with Crippen molar-refractivity contribution in [3.8, 4) is 11.5 Å². The summed E-state index contributed by atoms with van der Waals surface area (Å²) >= 11 is 0. The topological polar surface area (TPSA) is 119 Å². The molecule has 1 aliphatic rings. The van der Waals surface area contributed by atoms with Crippen LogP contribution in [-0.2, 0) is 24.7 Å². The van der Waals surface area contributed by atoms with E-state index in [0.29, 0.717) is 11.5 Å². The molecular weight excluding hydrogens is 396 g/mol. The summed E-state index contributed by atoms with van der Waals surface area (Å²) in [6.45, 7) is 0.128. The number of nitrogens with zero attached hydrogens (tertiary/aromatic N) is 1. The van der Waals surface area contributed by atoms with Crippen molar-refractivity contribution in [2.75, 3.05) is 40.1 Å². The maximum absolute atomic E-state index is 12.9. The molecule has 27 heavy (non-hydrogen) atoms. The standard InChI is InChI=1S/C16H24N2O7S2/c1-17-16(19)11-26(20,21)12-6-8-18(9-7-12)27(22,23)13-4-5-14(24-2)15(10-13)25-3/h4-5,10,12H,6-9,11H2,1-3H3,(H,17,19). The second kappa shape index (κ2) is 8.44. The molecule has 1 saturated heterocycles. The number of ether oxygens (including phenoxy) is 2. The number of carbonyl (C=O) groups is 1. The van der Waals surface area contributed by atoms with Gasteiger partial charge >= 0.3 is 0 Å².